The molecular weight excluding hydrogens is 212 g/mol. The molecule has 0 aromatic rings. The highest BCUT2D eigenvalue weighted by Gasteiger charge is 1.92. The average Bonchev–Trinajstić information content (AvgIpc) is 2.21. The topological polar surface area (TPSA) is 52.0 Å². The molecule has 2 nitrogen and oxygen atoms in total. The zero-order valence-corrected chi connectivity index (χ0v) is 10.7. The van der Waals surface area contributed by atoms with Crippen molar-refractivity contribution in [3.05, 3.63) is 0 Å². The van der Waals surface area contributed by atoms with E-state index in [1.165, 1.54) is 44.3 Å². The van der Waals surface area contributed by atoms with Crippen LogP contribution in [-0.4, -0.2) is 24.6 Å². The summed E-state index contributed by atoms with van der Waals surface area (Å²) in [4.78, 5) is 0. The van der Waals surface area contributed by atoms with Crippen LogP contribution in [0, 0.1) is 0 Å². The fourth-order valence-corrected chi connectivity index (χ4v) is 3.18. The van der Waals surface area contributed by atoms with Gasteiger partial charge in [-0.2, -0.15) is 0 Å². The number of hydrogen-bond donors (Lipinski definition) is 2. The minimum absolute atomic E-state index is 0.802. The smallest absolute Gasteiger partial charge is 0.0160 e. The molecule has 0 radical (unpaired) electrons. The SMILES string of the molecule is NCCCCCCCCSSCCN. The Morgan fingerprint density at radius 1 is 0.571 bits per heavy atom. The minimum Gasteiger partial charge on any atom is -0.330 e. The number of hydrogen-bond acceptors (Lipinski definition) is 4. The summed E-state index contributed by atoms with van der Waals surface area (Å²) < 4.78 is 0. The Kier molecular flexibility index (Phi) is 14.2. The summed E-state index contributed by atoms with van der Waals surface area (Å²) in [6.45, 7) is 1.66. The van der Waals surface area contributed by atoms with Gasteiger partial charge in [0.05, 0.1) is 0 Å². The van der Waals surface area contributed by atoms with Gasteiger partial charge in [-0.1, -0.05) is 47.3 Å². The Morgan fingerprint density at radius 2 is 1.14 bits per heavy atom. The third-order valence-corrected chi connectivity index (χ3v) is 4.49. The second kappa shape index (κ2) is 13.6. The highest BCUT2D eigenvalue weighted by molar-refractivity contribution is 8.76. The van der Waals surface area contributed by atoms with Crippen LogP contribution < -0.4 is 11.5 Å². The normalized spacial score (nSPS) is 10.7. The van der Waals surface area contributed by atoms with Gasteiger partial charge in [0.1, 0.15) is 0 Å². The molecule has 0 aromatic carbocycles. The van der Waals surface area contributed by atoms with Crippen molar-refractivity contribution in [1.29, 1.82) is 0 Å². The maximum atomic E-state index is 5.42. The fraction of sp³-hybridized carbons (Fsp3) is 1.00. The Labute approximate surface area is 96.3 Å². The van der Waals surface area contributed by atoms with Crippen LogP contribution in [0.5, 0.6) is 0 Å². The van der Waals surface area contributed by atoms with Crippen LogP contribution in [-0.2, 0) is 0 Å². The highest BCUT2D eigenvalue weighted by atomic mass is 33.1. The van der Waals surface area contributed by atoms with Crippen molar-refractivity contribution in [1.82, 2.24) is 0 Å². The summed E-state index contributed by atoms with van der Waals surface area (Å²) in [6.07, 6.45) is 7.97. The van der Waals surface area contributed by atoms with Crippen molar-refractivity contribution in [2.75, 3.05) is 24.6 Å². The largest absolute Gasteiger partial charge is 0.330 e. The Balaban J connectivity index is 2.78. The molecule has 0 aliphatic carbocycles. The second-order valence-corrected chi connectivity index (χ2v) is 6.04. The third kappa shape index (κ3) is 12.6. The lowest BCUT2D eigenvalue weighted by Crippen LogP contribution is -1.99. The van der Waals surface area contributed by atoms with E-state index >= 15 is 0 Å². The molecular formula is C10H24N2S2. The molecule has 4 N–H and O–H groups in total. The van der Waals surface area contributed by atoms with Crippen molar-refractivity contribution in [2.45, 2.75) is 38.5 Å². The molecule has 0 bridgehead atoms. The van der Waals surface area contributed by atoms with Crippen molar-refractivity contribution < 1.29 is 0 Å². The molecule has 0 atom stereocenters. The van der Waals surface area contributed by atoms with E-state index in [-0.39, 0.29) is 0 Å². The van der Waals surface area contributed by atoms with E-state index < -0.39 is 0 Å². The molecule has 14 heavy (non-hydrogen) atoms. The molecule has 0 unspecified atom stereocenters. The minimum atomic E-state index is 0.802. The van der Waals surface area contributed by atoms with Gasteiger partial charge < -0.3 is 11.5 Å². The van der Waals surface area contributed by atoms with Gasteiger partial charge in [-0.3, -0.25) is 0 Å². The summed E-state index contributed by atoms with van der Waals surface area (Å²) in [6, 6.07) is 0. The van der Waals surface area contributed by atoms with E-state index in [4.69, 9.17) is 11.5 Å². The summed E-state index contributed by atoms with van der Waals surface area (Å²) in [7, 11) is 3.86. The van der Waals surface area contributed by atoms with Gasteiger partial charge in [-0.25, -0.2) is 0 Å². The molecule has 0 fully saturated rings. The average molecular weight is 236 g/mol. The van der Waals surface area contributed by atoms with Crippen molar-refractivity contribution in [3.8, 4) is 0 Å². The summed E-state index contributed by atoms with van der Waals surface area (Å²) in [5.41, 5.74) is 10.8. The van der Waals surface area contributed by atoms with E-state index in [0.717, 1.165) is 18.8 Å². The first-order valence-corrected chi connectivity index (χ1v) is 8.05. The van der Waals surface area contributed by atoms with Gasteiger partial charge in [-0.05, 0) is 19.4 Å². The number of unbranched alkanes of at least 4 members (excludes halogenated alkanes) is 5. The lowest BCUT2D eigenvalue weighted by molar-refractivity contribution is 0.614. The predicted molar refractivity (Wildman–Crippen MR) is 70.7 cm³/mol. The van der Waals surface area contributed by atoms with Crippen LogP contribution in [0.15, 0.2) is 0 Å². The van der Waals surface area contributed by atoms with Gasteiger partial charge in [-0.15, -0.1) is 0 Å². The summed E-state index contributed by atoms with van der Waals surface area (Å²) in [5.74, 6) is 2.36. The molecule has 86 valence electrons. The summed E-state index contributed by atoms with van der Waals surface area (Å²) in [5, 5.41) is 0. The van der Waals surface area contributed by atoms with Crippen LogP contribution in [0.4, 0.5) is 0 Å². The Hall–Kier alpha value is 0.620. The lowest BCUT2D eigenvalue weighted by Gasteiger charge is -2.01. The molecule has 0 saturated heterocycles. The first-order chi connectivity index (χ1) is 6.91. The molecule has 0 aromatic heterocycles. The van der Waals surface area contributed by atoms with E-state index in [9.17, 15) is 0 Å². The first-order valence-electron chi connectivity index (χ1n) is 5.56. The molecule has 0 heterocycles. The molecule has 0 rings (SSSR count). The molecule has 4 heteroatoms. The maximum Gasteiger partial charge on any atom is 0.0160 e. The van der Waals surface area contributed by atoms with Crippen LogP contribution in [0.3, 0.4) is 0 Å². The van der Waals surface area contributed by atoms with Crippen molar-refractivity contribution in [3.63, 3.8) is 0 Å². The number of nitrogens with two attached hydrogens (primary N) is 2. The zero-order valence-electron chi connectivity index (χ0n) is 9.04. The van der Waals surface area contributed by atoms with E-state index in [0.29, 0.717) is 0 Å². The standard InChI is InChI=1S/C10H24N2S2/c11-7-5-3-1-2-4-6-9-13-14-10-8-12/h1-12H2. The molecule has 0 aliphatic rings. The van der Waals surface area contributed by atoms with Gasteiger partial charge in [0.15, 0.2) is 0 Å². The van der Waals surface area contributed by atoms with Crippen LogP contribution in [0.2, 0.25) is 0 Å². The highest BCUT2D eigenvalue weighted by Crippen LogP contribution is 2.22. The van der Waals surface area contributed by atoms with Crippen molar-refractivity contribution in [2.24, 2.45) is 11.5 Å². The first kappa shape index (κ1) is 14.6. The van der Waals surface area contributed by atoms with Crippen LogP contribution in [0.25, 0.3) is 0 Å². The predicted octanol–water partition coefficient (Wildman–Crippen LogP) is 2.63. The second-order valence-electron chi connectivity index (χ2n) is 3.34. The summed E-state index contributed by atoms with van der Waals surface area (Å²) >= 11 is 0. The van der Waals surface area contributed by atoms with Gasteiger partial charge >= 0.3 is 0 Å². The van der Waals surface area contributed by atoms with Crippen molar-refractivity contribution >= 4 is 21.6 Å². The number of rotatable bonds is 11. The van der Waals surface area contributed by atoms with Gasteiger partial charge in [0.25, 0.3) is 0 Å². The molecule has 0 spiro atoms. The van der Waals surface area contributed by atoms with E-state index in [1.807, 2.05) is 21.6 Å². The molecule has 0 aliphatic heterocycles. The zero-order chi connectivity index (χ0) is 10.5. The molecule has 0 saturated carbocycles. The maximum absolute atomic E-state index is 5.42. The lowest BCUT2D eigenvalue weighted by atomic mass is 10.1. The monoisotopic (exact) mass is 236 g/mol. The van der Waals surface area contributed by atoms with E-state index in [1.54, 1.807) is 0 Å². The Morgan fingerprint density at radius 3 is 1.79 bits per heavy atom. The van der Waals surface area contributed by atoms with E-state index in [2.05, 4.69) is 0 Å². The quantitative estimate of drug-likeness (QED) is 0.428. The van der Waals surface area contributed by atoms with Crippen LogP contribution >= 0.6 is 21.6 Å². The van der Waals surface area contributed by atoms with Gasteiger partial charge in [0, 0.05) is 18.1 Å². The third-order valence-electron chi connectivity index (χ3n) is 1.97. The fourth-order valence-electron chi connectivity index (χ4n) is 1.18. The van der Waals surface area contributed by atoms with Crippen LogP contribution in [0.1, 0.15) is 38.5 Å². The molecule has 0 amide bonds. The Bertz CT molecular complexity index is 90.1. The van der Waals surface area contributed by atoms with Gasteiger partial charge in [0.2, 0.25) is 0 Å².